The van der Waals surface area contributed by atoms with Crippen molar-refractivity contribution in [2.24, 2.45) is 0 Å². The van der Waals surface area contributed by atoms with E-state index in [4.69, 9.17) is 0 Å². The predicted octanol–water partition coefficient (Wildman–Crippen LogP) is 2.62. The van der Waals surface area contributed by atoms with E-state index in [1.807, 2.05) is 36.4 Å². The molecule has 0 saturated carbocycles. The van der Waals surface area contributed by atoms with Gasteiger partial charge in [-0.1, -0.05) is 42.5 Å². The van der Waals surface area contributed by atoms with Gasteiger partial charge in [0, 0.05) is 11.1 Å². The molecule has 5 nitrogen and oxygen atoms in total. The van der Waals surface area contributed by atoms with Gasteiger partial charge < -0.3 is 10.4 Å². The van der Waals surface area contributed by atoms with Crippen molar-refractivity contribution < 1.29 is 9.90 Å². The number of nitrogens with one attached hydrogen (secondary N) is 2. The lowest BCUT2D eigenvalue weighted by molar-refractivity contribution is 0.0955. The molecule has 1 atom stereocenters. The topological polar surface area (TPSA) is 78.0 Å². The van der Waals surface area contributed by atoms with Crippen LogP contribution in [0.4, 0.5) is 0 Å². The fraction of sp³-hybridized carbons (Fsp3) is 0.0588. The fourth-order valence-corrected chi connectivity index (χ4v) is 2.85. The van der Waals surface area contributed by atoms with Gasteiger partial charge in [-0.25, -0.2) is 0 Å². The molecule has 1 amide bonds. The van der Waals surface area contributed by atoms with E-state index in [1.165, 1.54) is 0 Å². The molecule has 1 aliphatic heterocycles. The Labute approximate surface area is 126 Å². The van der Waals surface area contributed by atoms with Crippen molar-refractivity contribution in [3.63, 3.8) is 0 Å². The van der Waals surface area contributed by atoms with Crippen molar-refractivity contribution in [3.8, 4) is 17.0 Å². The van der Waals surface area contributed by atoms with E-state index in [-0.39, 0.29) is 17.7 Å². The van der Waals surface area contributed by atoms with Gasteiger partial charge in [0.15, 0.2) is 0 Å². The van der Waals surface area contributed by atoms with E-state index < -0.39 is 0 Å². The number of benzene rings is 2. The molecule has 4 rings (SSSR count). The zero-order valence-corrected chi connectivity index (χ0v) is 11.6. The van der Waals surface area contributed by atoms with Gasteiger partial charge in [-0.2, -0.15) is 5.10 Å². The molecule has 0 saturated heterocycles. The third-order valence-electron chi connectivity index (χ3n) is 3.85. The van der Waals surface area contributed by atoms with Crippen LogP contribution in [-0.4, -0.2) is 21.2 Å². The number of phenols is 1. The molecule has 3 aromatic rings. The normalized spacial score (nSPS) is 16.4. The van der Waals surface area contributed by atoms with Gasteiger partial charge in [-0.05, 0) is 17.7 Å². The minimum Gasteiger partial charge on any atom is -0.508 e. The minimum atomic E-state index is -0.316. The first-order chi connectivity index (χ1) is 10.7. The Morgan fingerprint density at radius 3 is 2.64 bits per heavy atom. The first-order valence-corrected chi connectivity index (χ1v) is 6.97. The molecule has 2 aromatic carbocycles. The van der Waals surface area contributed by atoms with Gasteiger partial charge >= 0.3 is 0 Å². The number of amides is 1. The van der Waals surface area contributed by atoms with Crippen LogP contribution in [0.5, 0.6) is 5.75 Å². The lowest BCUT2D eigenvalue weighted by Gasteiger charge is -2.13. The predicted molar refractivity (Wildman–Crippen MR) is 81.4 cm³/mol. The minimum absolute atomic E-state index is 0.171. The van der Waals surface area contributed by atoms with Crippen LogP contribution in [0.2, 0.25) is 0 Å². The van der Waals surface area contributed by atoms with Crippen LogP contribution in [0, 0.1) is 0 Å². The number of carbonyl (C=O) groups is 1. The quantitative estimate of drug-likeness (QED) is 0.679. The highest BCUT2D eigenvalue weighted by molar-refractivity contribution is 6.00. The summed E-state index contributed by atoms with van der Waals surface area (Å²) in [5, 5.41) is 19.8. The zero-order valence-electron chi connectivity index (χ0n) is 11.6. The molecule has 0 bridgehead atoms. The van der Waals surface area contributed by atoms with Gasteiger partial charge in [0.2, 0.25) is 0 Å². The van der Waals surface area contributed by atoms with E-state index in [1.54, 1.807) is 18.2 Å². The number of aromatic nitrogens is 2. The summed E-state index contributed by atoms with van der Waals surface area (Å²) in [6.45, 7) is 0. The van der Waals surface area contributed by atoms with Crippen LogP contribution in [0.1, 0.15) is 27.7 Å². The van der Waals surface area contributed by atoms with E-state index in [2.05, 4.69) is 15.5 Å². The number of hydrogen-bond acceptors (Lipinski definition) is 3. The Balaban J connectivity index is 1.88. The first-order valence-electron chi connectivity index (χ1n) is 6.97. The highest BCUT2D eigenvalue weighted by Gasteiger charge is 2.35. The number of phenolic OH excluding ortho intramolecular Hbond substituents is 1. The molecule has 2 heterocycles. The van der Waals surface area contributed by atoms with Crippen LogP contribution in [0.15, 0.2) is 54.6 Å². The lowest BCUT2D eigenvalue weighted by Crippen LogP contribution is -2.21. The maximum absolute atomic E-state index is 12.1. The average Bonchev–Trinajstić information content (AvgIpc) is 3.10. The maximum Gasteiger partial charge on any atom is 0.270 e. The van der Waals surface area contributed by atoms with E-state index in [9.17, 15) is 9.90 Å². The molecular formula is C17H13N3O2. The summed E-state index contributed by atoms with van der Waals surface area (Å²) in [5.74, 6) is -0.0111. The second-order valence-electron chi connectivity index (χ2n) is 5.23. The van der Waals surface area contributed by atoms with Crippen molar-refractivity contribution in [1.29, 1.82) is 0 Å². The molecule has 22 heavy (non-hydrogen) atoms. The molecule has 0 spiro atoms. The van der Waals surface area contributed by atoms with Gasteiger partial charge in [0.1, 0.15) is 11.4 Å². The summed E-state index contributed by atoms with van der Waals surface area (Å²) < 4.78 is 0. The fourth-order valence-electron chi connectivity index (χ4n) is 2.85. The van der Waals surface area contributed by atoms with Gasteiger partial charge in [0.05, 0.1) is 11.7 Å². The van der Waals surface area contributed by atoms with E-state index in [0.717, 1.165) is 22.4 Å². The van der Waals surface area contributed by atoms with Gasteiger partial charge in [-0.15, -0.1) is 0 Å². The van der Waals surface area contributed by atoms with Gasteiger partial charge in [0.25, 0.3) is 5.91 Å². The summed E-state index contributed by atoms with van der Waals surface area (Å²) >= 11 is 0. The Kier molecular flexibility index (Phi) is 2.72. The summed E-state index contributed by atoms with van der Waals surface area (Å²) in [5.41, 5.74) is 3.82. The standard InChI is InChI=1S/C17H13N3O2/c21-12-8-4-7-11(9-12)14-13-15(10-5-2-1-3-6-10)19-20-16(13)17(22)18-14/h1-9,14,21H,(H,18,22)(H,19,20)/t14-/m1/s1. The Bertz CT molecular complexity index is 855. The Morgan fingerprint density at radius 2 is 1.86 bits per heavy atom. The number of fused-ring (bicyclic) bond motifs is 1. The number of hydrogen-bond donors (Lipinski definition) is 3. The van der Waals surface area contributed by atoms with E-state index >= 15 is 0 Å². The van der Waals surface area contributed by atoms with Crippen molar-refractivity contribution in [2.75, 3.05) is 0 Å². The molecule has 0 radical (unpaired) electrons. The summed E-state index contributed by atoms with van der Waals surface area (Å²) in [6, 6.07) is 16.3. The average molecular weight is 291 g/mol. The molecule has 5 heteroatoms. The number of H-pyrrole nitrogens is 1. The number of nitrogens with zero attached hydrogens (tertiary/aromatic N) is 1. The highest BCUT2D eigenvalue weighted by atomic mass is 16.3. The largest absolute Gasteiger partial charge is 0.508 e. The summed E-state index contributed by atoms with van der Waals surface area (Å²) in [6.07, 6.45) is 0. The van der Waals surface area contributed by atoms with Crippen molar-refractivity contribution >= 4 is 5.91 Å². The molecule has 1 aliphatic rings. The Morgan fingerprint density at radius 1 is 1.05 bits per heavy atom. The van der Waals surface area contributed by atoms with Crippen LogP contribution in [0.3, 0.4) is 0 Å². The van der Waals surface area contributed by atoms with Crippen molar-refractivity contribution in [1.82, 2.24) is 15.5 Å². The lowest BCUT2D eigenvalue weighted by atomic mass is 9.97. The zero-order chi connectivity index (χ0) is 15.1. The number of carbonyl (C=O) groups excluding carboxylic acids is 1. The monoisotopic (exact) mass is 291 g/mol. The van der Waals surface area contributed by atoms with Crippen molar-refractivity contribution in [2.45, 2.75) is 6.04 Å². The number of aromatic hydroxyl groups is 1. The number of rotatable bonds is 2. The summed E-state index contributed by atoms with van der Waals surface area (Å²) in [4.78, 5) is 12.1. The van der Waals surface area contributed by atoms with Crippen LogP contribution < -0.4 is 5.32 Å². The summed E-state index contributed by atoms with van der Waals surface area (Å²) in [7, 11) is 0. The molecule has 3 N–H and O–H groups in total. The molecule has 0 aliphatic carbocycles. The Hall–Kier alpha value is -3.08. The molecule has 1 aromatic heterocycles. The second-order valence-corrected chi connectivity index (χ2v) is 5.23. The second kappa shape index (κ2) is 4.73. The van der Waals surface area contributed by atoms with E-state index in [0.29, 0.717) is 5.69 Å². The van der Waals surface area contributed by atoms with Crippen LogP contribution in [-0.2, 0) is 0 Å². The van der Waals surface area contributed by atoms with Crippen LogP contribution in [0.25, 0.3) is 11.3 Å². The maximum atomic E-state index is 12.1. The first kappa shape index (κ1) is 12.6. The third kappa shape index (κ3) is 1.87. The number of aromatic amines is 1. The van der Waals surface area contributed by atoms with Crippen LogP contribution >= 0.6 is 0 Å². The molecule has 0 unspecified atom stereocenters. The SMILES string of the molecule is O=C1N[C@H](c2cccc(O)c2)c2c(-c3ccccc3)n[nH]c21. The van der Waals surface area contributed by atoms with Gasteiger partial charge in [-0.3, -0.25) is 9.89 Å². The smallest absolute Gasteiger partial charge is 0.270 e. The van der Waals surface area contributed by atoms with Crippen molar-refractivity contribution in [3.05, 3.63) is 71.4 Å². The highest BCUT2D eigenvalue weighted by Crippen LogP contribution is 2.37. The third-order valence-corrected chi connectivity index (χ3v) is 3.85. The molecule has 108 valence electrons. The molecular weight excluding hydrogens is 278 g/mol. The molecule has 0 fully saturated rings.